The van der Waals surface area contributed by atoms with Gasteiger partial charge in [-0.05, 0) is 60.6 Å². The van der Waals surface area contributed by atoms with Crippen molar-refractivity contribution in [3.63, 3.8) is 0 Å². The van der Waals surface area contributed by atoms with Crippen molar-refractivity contribution in [3.05, 3.63) is 35.4 Å². The minimum atomic E-state index is 0.416. The highest BCUT2D eigenvalue weighted by Gasteiger charge is 2.48. The first-order valence-electron chi connectivity index (χ1n) is 8.01. The van der Waals surface area contributed by atoms with Crippen molar-refractivity contribution in [2.45, 2.75) is 51.0 Å². The Morgan fingerprint density at radius 1 is 1.26 bits per heavy atom. The van der Waals surface area contributed by atoms with Crippen LogP contribution in [0.3, 0.4) is 0 Å². The van der Waals surface area contributed by atoms with Crippen LogP contribution >= 0.6 is 0 Å². The molecule has 2 aliphatic carbocycles. The molecule has 0 amide bonds. The summed E-state index contributed by atoms with van der Waals surface area (Å²) in [6.45, 7) is 7.69. The molecule has 1 aromatic rings. The molecule has 19 heavy (non-hydrogen) atoms. The summed E-state index contributed by atoms with van der Waals surface area (Å²) >= 11 is 0. The second-order valence-corrected chi connectivity index (χ2v) is 7.32. The van der Waals surface area contributed by atoms with Gasteiger partial charge in [0.25, 0.3) is 0 Å². The molecule has 1 aromatic carbocycles. The molecule has 0 unspecified atom stereocenters. The van der Waals surface area contributed by atoms with E-state index < -0.39 is 0 Å². The third-order valence-corrected chi connectivity index (χ3v) is 6.22. The van der Waals surface area contributed by atoms with E-state index in [1.807, 2.05) is 0 Å². The van der Waals surface area contributed by atoms with E-state index in [-0.39, 0.29) is 0 Å². The molecule has 0 N–H and O–H groups in total. The lowest BCUT2D eigenvalue weighted by Gasteiger charge is -2.54. The number of likely N-dealkylation sites (tertiary alicyclic amines) is 1. The van der Waals surface area contributed by atoms with Crippen molar-refractivity contribution in [2.75, 3.05) is 13.1 Å². The Kier molecular flexibility index (Phi) is 2.57. The Balaban J connectivity index is 1.70. The van der Waals surface area contributed by atoms with E-state index in [4.69, 9.17) is 0 Å². The fourth-order valence-electron chi connectivity index (χ4n) is 4.54. The quantitative estimate of drug-likeness (QED) is 0.780. The number of rotatable bonds is 2. The third kappa shape index (κ3) is 1.78. The van der Waals surface area contributed by atoms with E-state index in [2.05, 4.69) is 43.0 Å². The highest BCUT2D eigenvalue weighted by atomic mass is 15.2. The lowest BCUT2D eigenvalue weighted by Crippen LogP contribution is -2.58. The van der Waals surface area contributed by atoms with E-state index in [0.29, 0.717) is 5.41 Å². The number of hydrogen-bond acceptors (Lipinski definition) is 1. The van der Waals surface area contributed by atoms with Gasteiger partial charge in [-0.1, -0.05) is 38.1 Å². The summed E-state index contributed by atoms with van der Waals surface area (Å²) < 4.78 is 0. The standard InChI is InChI=1S/C18H25N/c1-13-17-11-15-5-3-4-6-16(15)18(13,2)9-10-19(17)12-14-7-8-14/h3-6,13-14,17H,7-12H2,1-2H3/t13-,17-,18-/m0/s1. The average Bonchev–Trinajstić information content (AvgIpc) is 3.21. The largest absolute Gasteiger partial charge is 0.299 e. The highest BCUT2D eigenvalue weighted by molar-refractivity contribution is 5.39. The van der Waals surface area contributed by atoms with Crippen LogP contribution < -0.4 is 0 Å². The third-order valence-electron chi connectivity index (χ3n) is 6.22. The van der Waals surface area contributed by atoms with Crippen LogP contribution in [0.2, 0.25) is 0 Å². The maximum absolute atomic E-state index is 2.82. The molecule has 2 bridgehead atoms. The van der Waals surface area contributed by atoms with Gasteiger partial charge in [0.15, 0.2) is 0 Å². The normalized spacial score (nSPS) is 38.0. The molecular weight excluding hydrogens is 230 g/mol. The van der Waals surface area contributed by atoms with E-state index >= 15 is 0 Å². The van der Waals surface area contributed by atoms with Gasteiger partial charge >= 0.3 is 0 Å². The van der Waals surface area contributed by atoms with E-state index in [9.17, 15) is 0 Å². The average molecular weight is 255 g/mol. The SMILES string of the molecule is C[C@H]1[C@@H]2Cc3ccccc3[C@@]1(C)CCN2CC1CC1. The Bertz CT molecular complexity index is 490. The molecule has 1 aliphatic heterocycles. The van der Waals surface area contributed by atoms with Gasteiger partial charge in [0.1, 0.15) is 0 Å². The van der Waals surface area contributed by atoms with Gasteiger partial charge in [-0.2, -0.15) is 0 Å². The van der Waals surface area contributed by atoms with Gasteiger partial charge in [-0.3, -0.25) is 4.90 Å². The van der Waals surface area contributed by atoms with E-state index in [1.165, 1.54) is 38.8 Å². The Morgan fingerprint density at radius 3 is 2.84 bits per heavy atom. The summed E-state index contributed by atoms with van der Waals surface area (Å²) in [6, 6.07) is 9.99. The monoisotopic (exact) mass is 255 g/mol. The zero-order valence-corrected chi connectivity index (χ0v) is 12.2. The minimum absolute atomic E-state index is 0.416. The topological polar surface area (TPSA) is 3.24 Å². The van der Waals surface area contributed by atoms with Gasteiger partial charge in [0.2, 0.25) is 0 Å². The van der Waals surface area contributed by atoms with Crippen LogP contribution in [0.25, 0.3) is 0 Å². The number of nitrogens with zero attached hydrogens (tertiary/aromatic N) is 1. The van der Waals surface area contributed by atoms with Crippen molar-refractivity contribution < 1.29 is 0 Å². The lowest BCUT2D eigenvalue weighted by atomic mass is 9.59. The fraction of sp³-hybridized carbons (Fsp3) is 0.667. The summed E-state index contributed by atoms with van der Waals surface area (Å²) in [7, 11) is 0. The van der Waals surface area contributed by atoms with Crippen LogP contribution in [0.5, 0.6) is 0 Å². The summed E-state index contributed by atoms with van der Waals surface area (Å²) in [5.41, 5.74) is 3.68. The van der Waals surface area contributed by atoms with Gasteiger partial charge in [0.05, 0.1) is 0 Å². The number of hydrogen-bond donors (Lipinski definition) is 0. The van der Waals surface area contributed by atoms with E-state index in [1.54, 1.807) is 11.1 Å². The minimum Gasteiger partial charge on any atom is -0.299 e. The van der Waals surface area contributed by atoms with Crippen LogP contribution in [-0.2, 0) is 11.8 Å². The molecule has 0 radical (unpaired) electrons. The van der Waals surface area contributed by atoms with Crippen LogP contribution in [0.4, 0.5) is 0 Å². The zero-order chi connectivity index (χ0) is 13.0. The highest BCUT2D eigenvalue weighted by Crippen LogP contribution is 2.49. The Labute approximate surface area is 117 Å². The molecule has 1 heterocycles. The maximum Gasteiger partial charge on any atom is 0.0170 e. The van der Waals surface area contributed by atoms with Gasteiger partial charge < -0.3 is 0 Å². The molecule has 1 heteroatoms. The van der Waals surface area contributed by atoms with Crippen LogP contribution in [0.15, 0.2) is 24.3 Å². The fourth-order valence-corrected chi connectivity index (χ4v) is 4.54. The maximum atomic E-state index is 2.82. The van der Waals surface area contributed by atoms with Crippen molar-refractivity contribution in [1.29, 1.82) is 0 Å². The second kappa shape index (κ2) is 4.09. The van der Waals surface area contributed by atoms with Gasteiger partial charge in [-0.25, -0.2) is 0 Å². The molecule has 2 fully saturated rings. The van der Waals surface area contributed by atoms with Crippen LogP contribution in [0, 0.1) is 11.8 Å². The Hall–Kier alpha value is -0.820. The van der Waals surface area contributed by atoms with Crippen molar-refractivity contribution in [2.24, 2.45) is 11.8 Å². The first-order valence-corrected chi connectivity index (χ1v) is 8.01. The summed E-state index contributed by atoms with van der Waals surface area (Å²) in [5.74, 6) is 1.82. The van der Waals surface area contributed by atoms with Gasteiger partial charge in [-0.15, -0.1) is 0 Å². The summed E-state index contributed by atoms with van der Waals surface area (Å²) in [5, 5.41) is 0. The molecule has 3 atom stereocenters. The summed E-state index contributed by atoms with van der Waals surface area (Å²) in [4.78, 5) is 2.82. The molecule has 1 nitrogen and oxygen atoms in total. The molecule has 4 rings (SSSR count). The van der Waals surface area contributed by atoms with E-state index in [0.717, 1.165) is 17.9 Å². The predicted octanol–water partition coefficient (Wildman–Crippen LogP) is 3.62. The smallest absolute Gasteiger partial charge is 0.0170 e. The molecular formula is C18H25N. The zero-order valence-electron chi connectivity index (χ0n) is 12.2. The molecule has 1 saturated heterocycles. The van der Waals surface area contributed by atoms with Crippen LogP contribution in [-0.4, -0.2) is 24.0 Å². The Morgan fingerprint density at radius 2 is 2.05 bits per heavy atom. The van der Waals surface area contributed by atoms with Crippen molar-refractivity contribution in [3.8, 4) is 0 Å². The van der Waals surface area contributed by atoms with Crippen molar-refractivity contribution >= 4 is 0 Å². The molecule has 3 aliphatic rings. The molecule has 1 saturated carbocycles. The molecule has 0 spiro atoms. The molecule has 102 valence electrons. The van der Waals surface area contributed by atoms with Crippen molar-refractivity contribution in [1.82, 2.24) is 4.90 Å². The first-order chi connectivity index (χ1) is 9.18. The number of fused-ring (bicyclic) bond motifs is 4. The lowest BCUT2D eigenvalue weighted by molar-refractivity contribution is 0.0284. The molecule has 0 aromatic heterocycles. The number of piperidine rings is 1. The number of benzene rings is 1. The predicted molar refractivity (Wildman–Crippen MR) is 79.4 cm³/mol. The summed E-state index contributed by atoms with van der Waals surface area (Å²) in [6.07, 6.45) is 5.57. The van der Waals surface area contributed by atoms with Gasteiger partial charge in [0, 0.05) is 12.6 Å². The van der Waals surface area contributed by atoms with Crippen LogP contribution in [0.1, 0.15) is 44.2 Å². The second-order valence-electron chi connectivity index (χ2n) is 7.32. The first kappa shape index (κ1) is 12.0.